The lowest BCUT2D eigenvalue weighted by molar-refractivity contribution is -0.800. The normalized spacial score (nSPS) is 26.1. The highest BCUT2D eigenvalue weighted by atomic mass is 15.3. The first kappa shape index (κ1) is 7.73. The Labute approximate surface area is 63.2 Å². The Kier molecular flexibility index (Phi) is 2.44. The molecule has 0 spiro atoms. The van der Waals surface area contributed by atoms with E-state index in [4.69, 9.17) is 0 Å². The van der Waals surface area contributed by atoms with E-state index in [0.29, 0.717) is 0 Å². The molecule has 1 heterocycles. The number of likely N-dealkylation sites (N-methyl/N-ethyl adjacent to an activating group) is 2. The zero-order valence-corrected chi connectivity index (χ0v) is 7.28. The Hall–Kier alpha value is -0.370. The molecule has 0 aliphatic carbocycles. The maximum Gasteiger partial charge on any atom is 0.336 e. The van der Waals surface area contributed by atoms with Crippen LogP contribution in [0.15, 0.2) is 0 Å². The van der Waals surface area contributed by atoms with Gasteiger partial charge in [-0.05, 0) is 13.8 Å². The van der Waals surface area contributed by atoms with Gasteiger partial charge in [-0.3, -0.25) is 0 Å². The number of amidine groups is 1. The van der Waals surface area contributed by atoms with Gasteiger partial charge in [-0.1, -0.05) is 0 Å². The molecule has 2 heteroatoms. The molecule has 10 heavy (non-hydrogen) atoms. The SMILES string of the molecule is CCC1=[N+](C)CC[NH+]1CC. The molecule has 58 valence electrons. The highest BCUT2D eigenvalue weighted by Gasteiger charge is 2.29. The van der Waals surface area contributed by atoms with Gasteiger partial charge in [-0.15, -0.1) is 0 Å². The number of hydrogen-bond donors (Lipinski definition) is 1. The topological polar surface area (TPSA) is 7.45 Å². The fraction of sp³-hybridized carbons (Fsp3) is 0.875. The first-order valence-electron chi connectivity index (χ1n) is 4.21. The van der Waals surface area contributed by atoms with Gasteiger partial charge in [-0.25, -0.2) is 4.90 Å². The Bertz CT molecular complexity index is 149. The standard InChI is InChI=1S/C8H17N2/c1-4-8-9(3)6-7-10(8)5-2/h4-7H2,1-3H3/q+1/p+1. The Balaban J connectivity index is 2.66. The lowest BCUT2D eigenvalue weighted by atomic mass is 10.4. The van der Waals surface area contributed by atoms with Crippen LogP contribution in [0.5, 0.6) is 0 Å². The van der Waals surface area contributed by atoms with E-state index in [-0.39, 0.29) is 0 Å². The van der Waals surface area contributed by atoms with Crippen molar-refractivity contribution in [1.82, 2.24) is 0 Å². The number of rotatable bonds is 2. The van der Waals surface area contributed by atoms with Crippen LogP contribution in [0.4, 0.5) is 0 Å². The second-order valence-electron chi connectivity index (χ2n) is 2.93. The van der Waals surface area contributed by atoms with Gasteiger partial charge in [0.1, 0.15) is 13.6 Å². The molecule has 1 rings (SSSR count). The lowest BCUT2D eigenvalue weighted by Gasteiger charge is -2.04. The molecule has 0 saturated carbocycles. The molecule has 2 nitrogen and oxygen atoms in total. The van der Waals surface area contributed by atoms with Crippen LogP contribution in [0.2, 0.25) is 0 Å². The minimum Gasteiger partial charge on any atom is -0.246 e. The summed E-state index contributed by atoms with van der Waals surface area (Å²) in [5.74, 6) is 1.59. The van der Waals surface area contributed by atoms with Crippen molar-refractivity contribution in [1.29, 1.82) is 0 Å². The molecule has 0 aromatic heterocycles. The number of hydrogen-bond acceptors (Lipinski definition) is 0. The molecule has 1 N–H and O–H groups in total. The van der Waals surface area contributed by atoms with Crippen molar-refractivity contribution in [2.24, 2.45) is 0 Å². The molecule has 0 saturated heterocycles. The van der Waals surface area contributed by atoms with Crippen molar-refractivity contribution in [3.8, 4) is 0 Å². The first-order chi connectivity index (χ1) is 4.79. The predicted molar refractivity (Wildman–Crippen MR) is 42.7 cm³/mol. The third kappa shape index (κ3) is 1.21. The van der Waals surface area contributed by atoms with E-state index < -0.39 is 0 Å². The molecule has 1 aliphatic rings. The van der Waals surface area contributed by atoms with Crippen molar-refractivity contribution < 1.29 is 9.48 Å². The van der Waals surface area contributed by atoms with Crippen molar-refractivity contribution in [3.63, 3.8) is 0 Å². The van der Waals surface area contributed by atoms with Gasteiger partial charge in [0.25, 0.3) is 0 Å². The molecule has 0 amide bonds. The Morgan fingerprint density at radius 2 is 2.20 bits per heavy atom. The minimum absolute atomic E-state index is 1.21. The fourth-order valence-electron chi connectivity index (χ4n) is 1.75. The lowest BCUT2D eigenvalue weighted by Crippen LogP contribution is -3.13. The average molecular weight is 142 g/mol. The van der Waals surface area contributed by atoms with Crippen molar-refractivity contribution in [2.45, 2.75) is 20.3 Å². The number of nitrogens with one attached hydrogen (secondary N) is 1. The average Bonchev–Trinajstić information content (AvgIpc) is 2.30. The zero-order valence-electron chi connectivity index (χ0n) is 7.28. The van der Waals surface area contributed by atoms with Gasteiger partial charge in [0.05, 0.1) is 13.0 Å². The van der Waals surface area contributed by atoms with Crippen LogP contribution < -0.4 is 4.90 Å². The molecule has 0 aromatic carbocycles. The minimum atomic E-state index is 1.21. The van der Waals surface area contributed by atoms with E-state index in [9.17, 15) is 0 Å². The Morgan fingerprint density at radius 1 is 1.50 bits per heavy atom. The van der Waals surface area contributed by atoms with Crippen LogP contribution in [0.25, 0.3) is 0 Å². The number of quaternary nitrogens is 1. The van der Waals surface area contributed by atoms with Crippen molar-refractivity contribution in [2.75, 3.05) is 26.7 Å². The van der Waals surface area contributed by atoms with Crippen LogP contribution in [0.1, 0.15) is 20.3 Å². The van der Waals surface area contributed by atoms with Gasteiger partial charge in [-0.2, -0.15) is 4.58 Å². The van der Waals surface area contributed by atoms with E-state index in [2.05, 4.69) is 25.5 Å². The summed E-state index contributed by atoms with van der Waals surface area (Å²) in [5, 5.41) is 0. The van der Waals surface area contributed by atoms with Gasteiger partial charge in [0.2, 0.25) is 0 Å². The molecule has 0 aromatic rings. The Morgan fingerprint density at radius 3 is 2.60 bits per heavy atom. The van der Waals surface area contributed by atoms with Crippen LogP contribution >= 0.6 is 0 Å². The zero-order chi connectivity index (χ0) is 7.56. The molecule has 1 unspecified atom stereocenters. The predicted octanol–water partition coefficient (Wildman–Crippen LogP) is -0.644. The summed E-state index contributed by atoms with van der Waals surface area (Å²) >= 11 is 0. The maximum absolute atomic E-state index is 2.39. The summed E-state index contributed by atoms with van der Waals surface area (Å²) in [7, 11) is 2.20. The quantitative estimate of drug-likeness (QED) is 0.490. The molecule has 0 fully saturated rings. The van der Waals surface area contributed by atoms with E-state index in [1.165, 1.54) is 26.1 Å². The second kappa shape index (κ2) is 3.15. The summed E-state index contributed by atoms with van der Waals surface area (Å²) in [4.78, 5) is 1.67. The van der Waals surface area contributed by atoms with Crippen molar-refractivity contribution in [3.05, 3.63) is 0 Å². The van der Waals surface area contributed by atoms with Gasteiger partial charge < -0.3 is 0 Å². The van der Waals surface area contributed by atoms with Gasteiger partial charge in [0, 0.05) is 0 Å². The second-order valence-corrected chi connectivity index (χ2v) is 2.93. The van der Waals surface area contributed by atoms with Gasteiger partial charge in [0.15, 0.2) is 6.54 Å². The molecule has 1 aliphatic heterocycles. The van der Waals surface area contributed by atoms with Crippen LogP contribution in [-0.2, 0) is 0 Å². The number of nitrogens with zero attached hydrogens (tertiary/aromatic N) is 1. The molecule has 0 bridgehead atoms. The van der Waals surface area contributed by atoms with Gasteiger partial charge >= 0.3 is 5.84 Å². The largest absolute Gasteiger partial charge is 0.336 e. The smallest absolute Gasteiger partial charge is 0.246 e. The van der Waals surface area contributed by atoms with E-state index in [1.807, 2.05) is 0 Å². The van der Waals surface area contributed by atoms with E-state index >= 15 is 0 Å². The van der Waals surface area contributed by atoms with Crippen molar-refractivity contribution >= 4 is 5.84 Å². The highest BCUT2D eigenvalue weighted by Crippen LogP contribution is 1.82. The summed E-state index contributed by atoms with van der Waals surface area (Å²) in [5.41, 5.74) is 0. The summed E-state index contributed by atoms with van der Waals surface area (Å²) in [6, 6.07) is 0. The van der Waals surface area contributed by atoms with Crippen LogP contribution in [0.3, 0.4) is 0 Å². The van der Waals surface area contributed by atoms with Crippen LogP contribution in [-0.4, -0.2) is 37.1 Å². The van der Waals surface area contributed by atoms with E-state index in [1.54, 1.807) is 10.7 Å². The first-order valence-corrected chi connectivity index (χ1v) is 4.21. The molecule has 0 radical (unpaired) electrons. The summed E-state index contributed by atoms with van der Waals surface area (Å²) < 4.78 is 2.39. The summed E-state index contributed by atoms with van der Waals surface area (Å²) in [6.07, 6.45) is 1.21. The third-order valence-corrected chi connectivity index (χ3v) is 2.38. The third-order valence-electron chi connectivity index (χ3n) is 2.38. The summed E-state index contributed by atoms with van der Waals surface area (Å²) in [6.45, 7) is 8.28. The molecule has 1 atom stereocenters. The molecular formula is C8H18N2+2. The van der Waals surface area contributed by atoms with Crippen LogP contribution in [0, 0.1) is 0 Å². The highest BCUT2D eigenvalue weighted by molar-refractivity contribution is 5.68. The maximum atomic E-state index is 2.39. The monoisotopic (exact) mass is 142 g/mol. The fourth-order valence-corrected chi connectivity index (χ4v) is 1.75. The van der Waals surface area contributed by atoms with E-state index in [0.717, 1.165) is 0 Å². The molecular weight excluding hydrogens is 124 g/mol.